The highest BCUT2D eigenvalue weighted by atomic mass is 19.1. The van der Waals surface area contributed by atoms with Crippen molar-refractivity contribution in [3.63, 3.8) is 0 Å². The van der Waals surface area contributed by atoms with Gasteiger partial charge in [0.2, 0.25) is 6.79 Å². The Hall–Kier alpha value is -2.43. The number of benzene rings is 2. The van der Waals surface area contributed by atoms with Crippen molar-refractivity contribution in [2.45, 2.75) is 13.0 Å². The number of halogens is 1. The fraction of sp³-hybridized carbons (Fsp3) is 0.200. The minimum absolute atomic E-state index is 0.0641. The zero-order valence-corrected chi connectivity index (χ0v) is 10.9. The predicted octanol–water partition coefficient (Wildman–Crippen LogP) is 3.43. The second kappa shape index (κ2) is 4.92. The van der Waals surface area contributed by atoms with Crippen LogP contribution in [0.3, 0.4) is 0 Å². The van der Waals surface area contributed by atoms with Crippen LogP contribution >= 0.6 is 0 Å². The number of rotatable bonds is 3. The molecule has 20 heavy (non-hydrogen) atoms. The highest BCUT2D eigenvalue weighted by Crippen LogP contribution is 2.35. The summed E-state index contributed by atoms with van der Waals surface area (Å²) in [6.07, 6.45) is 0. The summed E-state index contributed by atoms with van der Waals surface area (Å²) >= 11 is 0. The molecule has 1 aliphatic heterocycles. The number of ether oxygens (including phenoxy) is 2. The van der Waals surface area contributed by atoms with Crippen LogP contribution in [0.5, 0.6) is 17.2 Å². The number of aromatic hydroxyl groups is 1. The van der Waals surface area contributed by atoms with E-state index in [9.17, 15) is 9.50 Å². The average molecular weight is 275 g/mol. The van der Waals surface area contributed by atoms with E-state index in [2.05, 4.69) is 5.32 Å². The molecular weight excluding hydrogens is 261 g/mol. The number of phenolic OH excluding ortho intramolecular Hbond substituents is 1. The Morgan fingerprint density at radius 2 is 1.95 bits per heavy atom. The van der Waals surface area contributed by atoms with Crippen LogP contribution in [0.15, 0.2) is 36.4 Å². The minimum Gasteiger partial charge on any atom is -0.507 e. The van der Waals surface area contributed by atoms with Crippen LogP contribution in [0.25, 0.3) is 0 Å². The van der Waals surface area contributed by atoms with E-state index in [4.69, 9.17) is 9.47 Å². The van der Waals surface area contributed by atoms with Crippen LogP contribution in [0, 0.1) is 5.82 Å². The van der Waals surface area contributed by atoms with Gasteiger partial charge >= 0.3 is 0 Å². The highest BCUT2D eigenvalue weighted by Gasteiger charge is 2.15. The second-order valence-corrected chi connectivity index (χ2v) is 4.64. The van der Waals surface area contributed by atoms with E-state index < -0.39 is 5.82 Å². The highest BCUT2D eigenvalue weighted by molar-refractivity contribution is 5.57. The first-order chi connectivity index (χ1) is 9.63. The van der Waals surface area contributed by atoms with Gasteiger partial charge in [-0.15, -0.1) is 0 Å². The smallest absolute Gasteiger partial charge is 0.231 e. The van der Waals surface area contributed by atoms with Crippen LogP contribution in [-0.4, -0.2) is 11.9 Å². The zero-order chi connectivity index (χ0) is 14.1. The maximum Gasteiger partial charge on any atom is 0.231 e. The summed E-state index contributed by atoms with van der Waals surface area (Å²) in [7, 11) is 0. The molecule has 0 aliphatic carbocycles. The quantitative estimate of drug-likeness (QED) is 0.901. The molecule has 1 heterocycles. The van der Waals surface area contributed by atoms with Crippen molar-refractivity contribution in [3.05, 3.63) is 47.8 Å². The van der Waals surface area contributed by atoms with Gasteiger partial charge in [-0.1, -0.05) is 6.07 Å². The van der Waals surface area contributed by atoms with Crippen molar-refractivity contribution in [1.82, 2.24) is 0 Å². The van der Waals surface area contributed by atoms with E-state index in [1.54, 1.807) is 6.07 Å². The van der Waals surface area contributed by atoms with E-state index in [1.807, 2.05) is 25.1 Å². The first-order valence-corrected chi connectivity index (χ1v) is 6.28. The van der Waals surface area contributed by atoms with Crippen LogP contribution in [-0.2, 0) is 0 Å². The lowest BCUT2D eigenvalue weighted by molar-refractivity contribution is 0.174. The second-order valence-electron chi connectivity index (χ2n) is 4.64. The molecule has 1 aliphatic rings. The lowest BCUT2D eigenvalue weighted by Crippen LogP contribution is -2.06. The largest absolute Gasteiger partial charge is 0.507 e. The lowest BCUT2D eigenvalue weighted by atomic mass is 10.1. The van der Waals surface area contributed by atoms with Crippen molar-refractivity contribution in [3.8, 4) is 17.2 Å². The first-order valence-electron chi connectivity index (χ1n) is 6.28. The van der Waals surface area contributed by atoms with Gasteiger partial charge in [-0.3, -0.25) is 0 Å². The van der Waals surface area contributed by atoms with Gasteiger partial charge in [-0.05, 0) is 25.1 Å². The third-order valence-corrected chi connectivity index (χ3v) is 3.21. The Kier molecular flexibility index (Phi) is 3.10. The Balaban J connectivity index is 1.80. The van der Waals surface area contributed by atoms with Gasteiger partial charge in [0, 0.05) is 23.4 Å². The van der Waals surface area contributed by atoms with E-state index >= 15 is 0 Å². The lowest BCUT2D eigenvalue weighted by Gasteiger charge is -2.17. The van der Waals surface area contributed by atoms with Crippen LogP contribution in [0.2, 0.25) is 0 Å². The Labute approximate surface area is 115 Å². The van der Waals surface area contributed by atoms with Crippen molar-refractivity contribution < 1.29 is 19.0 Å². The minimum atomic E-state index is -0.457. The maximum atomic E-state index is 13.0. The number of nitrogens with one attached hydrogen (secondary N) is 1. The molecule has 0 amide bonds. The zero-order valence-electron chi connectivity index (χ0n) is 10.9. The standard InChI is InChI=1S/C15H14FNO3/c1-9(12-4-2-10(16)6-13(12)18)17-11-3-5-14-15(7-11)20-8-19-14/h2-7,9,17-18H,8H2,1H3. The molecule has 0 saturated heterocycles. The van der Waals surface area contributed by atoms with Gasteiger partial charge in [0.15, 0.2) is 11.5 Å². The third kappa shape index (κ3) is 2.34. The molecule has 1 unspecified atom stereocenters. The summed E-state index contributed by atoms with van der Waals surface area (Å²) in [4.78, 5) is 0. The molecule has 0 saturated carbocycles. The van der Waals surface area contributed by atoms with Gasteiger partial charge in [-0.25, -0.2) is 4.39 Å². The number of anilines is 1. The van der Waals surface area contributed by atoms with E-state index in [0.717, 1.165) is 11.8 Å². The predicted molar refractivity (Wildman–Crippen MR) is 72.7 cm³/mol. The van der Waals surface area contributed by atoms with Crippen molar-refractivity contribution in [1.29, 1.82) is 0 Å². The van der Waals surface area contributed by atoms with Gasteiger partial charge < -0.3 is 19.9 Å². The van der Waals surface area contributed by atoms with E-state index in [0.29, 0.717) is 17.1 Å². The molecule has 0 spiro atoms. The van der Waals surface area contributed by atoms with Gasteiger partial charge in [0.25, 0.3) is 0 Å². The van der Waals surface area contributed by atoms with Gasteiger partial charge in [-0.2, -0.15) is 0 Å². The molecule has 3 rings (SSSR count). The molecule has 0 aromatic heterocycles. The van der Waals surface area contributed by atoms with Gasteiger partial charge in [0.1, 0.15) is 11.6 Å². The van der Waals surface area contributed by atoms with Gasteiger partial charge in [0.05, 0.1) is 6.04 Å². The maximum absolute atomic E-state index is 13.0. The van der Waals surface area contributed by atoms with Crippen LogP contribution in [0.1, 0.15) is 18.5 Å². The fourth-order valence-electron chi connectivity index (χ4n) is 2.20. The molecule has 0 radical (unpaired) electrons. The molecule has 1 atom stereocenters. The topological polar surface area (TPSA) is 50.7 Å². The summed E-state index contributed by atoms with van der Waals surface area (Å²) < 4.78 is 23.5. The van der Waals surface area contributed by atoms with Crippen LogP contribution in [0.4, 0.5) is 10.1 Å². The summed E-state index contributed by atoms with van der Waals surface area (Å²) in [5.41, 5.74) is 1.47. The van der Waals surface area contributed by atoms with Crippen LogP contribution < -0.4 is 14.8 Å². The number of fused-ring (bicyclic) bond motifs is 1. The molecule has 5 heteroatoms. The molecule has 104 valence electrons. The normalized spacial score (nSPS) is 14.1. The van der Waals surface area contributed by atoms with Crippen molar-refractivity contribution in [2.75, 3.05) is 12.1 Å². The molecule has 0 bridgehead atoms. The van der Waals surface area contributed by atoms with E-state index in [-0.39, 0.29) is 18.6 Å². The number of hydrogen-bond acceptors (Lipinski definition) is 4. The third-order valence-electron chi connectivity index (χ3n) is 3.21. The summed E-state index contributed by atoms with van der Waals surface area (Å²) in [5, 5.41) is 13.0. The number of phenols is 1. The van der Waals surface area contributed by atoms with Crippen molar-refractivity contribution in [2.24, 2.45) is 0 Å². The Bertz CT molecular complexity index is 645. The SMILES string of the molecule is CC(Nc1ccc2c(c1)OCO2)c1ccc(F)cc1O. The molecule has 2 aromatic rings. The average Bonchev–Trinajstić information content (AvgIpc) is 2.85. The molecule has 2 N–H and O–H groups in total. The first kappa shape index (κ1) is 12.6. The fourth-order valence-corrected chi connectivity index (χ4v) is 2.20. The van der Waals surface area contributed by atoms with E-state index in [1.165, 1.54) is 6.07 Å². The molecule has 0 fully saturated rings. The molecular formula is C15H14FNO3. The Morgan fingerprint density at radius 1 is 1.15 bits per heavy atom. The molecule has 4 nitrogen and oxygen atoms in total. The number of hydrogen-bond donors (Lipinski definition) is 2. The Morgan fingerprint density at radius 3 is 2.75 bits per heavy atom. The molecule has 2 aromatic carbocycles. The summed E-state index contributed by atoms with van der Waals surface area (Å²) in [6, 6.07) is 9.34. The summed E-state index contributed by atoms with van der Waals surface area (Å²) in [6.45, 7) is 2.12. The monoisotopic (exact) mass is 275 g/mol. The summed E-state index contributed by atoms with van der Waals surface area (Å²) in [5.74, 6) is 0.880. The van der Waals surface area contributed by atoms with Crippen molar-refractivity contribution >= 4 is 5.69 Å².